The van der Waals surface area contributed by atoms with E-state index in [1.54, 1.807) is 24.3 Å². The van der Waals surface area contributed by atoms with Crippen LogP contribution in [-0.2, 0) is 16.0 Å². The molecule has 0 spiro atoms. The maximum Gasteiger partial charge on any atom is 0.269 e. The van der Waals surface area contributed by atoms with E-state index in [1.165, 1.54) is 11.0 Å². The van der Waals surface area contributed by atoms with Gasteiger partial charge < -0.3 is 4.90 Å². The maximum atomic E-state index is 13.7. The first kappa shape index (κ1) is 21.4. The van der Waals surface area contributed by atoms with Crippen molar-refractivity contribution in [2.24, 2.45) is 5.92 Å². The number of hydrazine groups is 1. The highest BCUT2D eigenvalue weighted by atomic mass is 19.1. The van der Waals surface area contributed by atoms with E-state index in [-0.39, 0.29) is 29.7 Å². The number of nitrogens with one attached hydrogen (secondary N) is 2. The van der Waals surface area contributed by atoms with Crippen LogP contribution in [0.25, 0.3) is 0 Å². The number of nitrogens with zero attached hydrogens (tertiary/aromatic N) is 1. The van der Waals surface area contributed by atoms with Gasteiger partial charge in [-0.25, -0.2) is 8.78 Å². The van der Waals surface area contributed by atoms with Gasteiger partial charge in [0.2, 0.25) is 11.8 Å². The van der Waals surface area contributed by atoms with Crippen LogP contribution >= 0.6 is 0 Å². The number of hydrogen-bond donors (Lipinski definition) is 2. The van der Waals surface area contributed by atoms with Gasteiger partial charge in [-0.1, -0.05) is 23.8 Å². The molecule has 0 bridgehead atoms. The van der Waals surface area contributed by atoms with Crippen LogP contribution in [0.4, 0.5) is 8.78 Å². The maximum absolute atomic E-state index is 13.7. The molecule has 1 fully saturated rings. The van der Waals surface area contributed by atoms with E-state index < -0.39 is 17.5 Å². The quantitative estimate of drug-likeness (QED) is 0.754. The fraction of sp³-hybridized carbons (Fsp3) is 0.318. The Morgan fingerprint density at radius 1 is 0.967 bits per heavy atom. The van der Waals surface area contributed by atoms with Crippen LogP contribution in [0.5, 0.6) is 0 Å². The van der Waals surface area contributed by atoms with Crippen molar-refractivity contribution >= 4 is 17.7 Å². The molecule has 0 saturated carbocycles. The summed E-state index contributed by atoms with van der Waals surface area (Å²) in [6.45, 7) is 2.52. The zero-order valence-corrected chi connectivity index (χ0v) is 16.6. The number of carbonyl (C=O) groups excluding carboxylic acids is 3. The minimum atomic E-state index is -0.748. The highest BCUT2D eigenvalue weighted by molar-refractivity contribution is 5.95. The van der Waals surface area contributed by atoms with E-state index in [2.05, 4.69) is 10.9 Å². The van der Waals surface area contributed by atoms with Crippen LogP contribution in [0.2, 0.25) is 0 Å². The number of aryl methyl sites for hydroxylation is 1. The summed E-state index contributed by atoms with van der Waals surface area (Å²) in [6, 6.07) is 10.4. The van der Waals surface area contributed by atoms with Crippen molar-refractivity contribution in [1.29, 1.82) is 0 Å². The van der Waals surface area contributed by atoms with Crippen LogP contribution in [0.1, 0.15) is 34.3 Å². The van der Waals surface area contributed by atoms with E-state index in [1.807, 2.05) is 6.92 Å². The van der Waals surface area contributed by atoms with Crippen LogP contribution in [0.15, 0.2) is 42.5 Å². The molecule has 6 nitrogen and oxygen atoms in total. The normalized spacial score (nSPS) is 14.3. The Morgan fingerprint density at radius 3 is 2.17 bits per heavy atom. The highest BCUT2D eigenvalue weighted by Crippen LogP contribution is 2.20. The number of benzene rings is 2. The van der Waals surface area contributed by atoms with Gasteiger partial charge in [-0.05, 0) is 44.0 Å². The molecule has 2 N–H and O–H groups in total. The van der Waals surface area contributed by atoms with Gasteiger partial charge in [0.1, 0.15) is 11.6 Å². The van der Waals surface area contributed by atoms with Gasteiger partial charge in [0.15, 0.2) is 0 Å². The number of halogens is 2. The molecule has 0 aromatic heterocycles. The van der Waals surface area contributed by atoms with E-state index >= 15 is 0 Å². The molecular formula is C22H23F2N3O3. The number of likely N-dealkylation sites (tertiary alicyclic amines) is 1. The average Bonchev–Trinajstić information content (AvgIpc) is 2.75. The number of amides is 3. The fourth-order valence-electron chi connectivity index (χ4n) is 3.35. The van der Waals surface area contributed by atoms with Crippen molar-refractivity contribution in [2.75, 3.05) is 13.1 Å². The first-order chi connectivity index (χ1) is 14.3. The number of piperidine rings is 1. The molecule has 0 atom stereocenters. The van der Waals surface area contributed by atoms with E-state index in [0.29, 0.717) is 31.5 Å². The molecule has 0 radical (unpaired) electrons. The molecule has 1 aliphatic rings. The number of carbonyl (C=O) groups is 3. The minimum Gasteiger partial charge on any atom is -0.342 e. The summed E-state index contributed by atoms with van der Waals surface area (Å²) in [7, 11) is 0. The Bertz CT molecular complexity index is 919. The second-order valence-electron chi connectivity index (χ2n) is 7.34. The number of rotatable bonds is 4. The van der Waals surface area contributed by atoms with E-state index in [9.17, 15) is 23.2 Å². The Labute approximate surface area is 173 Å². The Hall–Kier alpha value is -3.29. The lowest BCUT2D eigenvalue weighted by molar-refractivity contribution is -0.135. The van der Waals surface area contributed by atoms with Gasteiger partial charge in [0.25, 0.3) is 5.91 Å². The monoisotopic (exact) mass is 415 g/mol. The van der Waals surface area contributed by atoms with Crippen LogP contribution in [-0.4, -0.2) is 35.7 Å². The molecule has 1 heterocycles. The number of hydrogen-bond acceptors (Lipinski definition) is 3. The topological polar surface area (TPSA) is 78.5 Å². The van der Waals surface area contributed by atoms with Gasteiger partial charge in [-0.15, -0.1) is 0 Å². The molecule has 158 valence electrons. The van der Waals surface area contributed by atoms with Crippen molar-refractivity contribution in [2.45, 2.75) is 26.2 Å². The Kier molecular flexibility index (Phi) is 6.76. The molecule has 2 aromatic carbocycles. The third kappa shape index (κ3) is 5.20. The molecule has 2 aromatic rings. The molecular weight excluding hydrogens is 392 g/mol. The summed E-state index contributed by atoms with van der Waals surface area (Å²) >= 11 is 0. The van der Waals surface area contributed by atoms with Crippen LogP contribution in [0, 0.1) is 24.5 Å². The third-order valence-electron chi connectivity index (χ3n) is 5.22. The molecule has 1 aliphatic heterocycles. The predicted molar refractivity (Wildman–Crippen MR) is 106 cm³/mol. The van der Waals surface area contributed by atoms with Crippen LogP contribution < -0.4 is 10.9 Å². The van der Waals surface area contributed by atoms with E-state index in [4.69, 9.17) is 0 Å². The lowest BCUT2D eigenvalue weighted by atomic mass is 9.95. The molecule has 3 rings (SSSR count). The van der Waals surface area contributed by atoms with Crippen LogP contribution in [0.3, 0.4) is 0 Å². The van der Waals surface area contributed by atoms with Gasteiger partial charge in [0.05, 0.1) is 6.42 Å². The summed E-state index contributed by atoms with van der Waals surface area (Å²) in [6.07, 6.45) is 0.442. The van der Waals surface area contributed by atoms with Crippen molar-refractivity contribution in [3.8, 4) is 0 Å². The molecule has 0 aliphatic carbocycles. The molecule has 30 heavy (non-hydrogen) atoms. The zero-order valence-electron chi connectivity index (χ0n) is 16.6. The lowest BCUT2D eigenvalue weighted by Gasteiger charge is -2.31. The molecule has 0 unspecified atom stereocenters. The van der Waals surface area contributed by atoms with Crippen molar-refractivity contribution in [1.82, 2.24) is 15.8 Å². The second-order valence-corrected chi connectivity index (χ2v) is 7.34. The van der Waals surface area contributed by atoms with Crippen molar-refractivity contribution in [3.63, 3.8) is 0 Å². The van der Waals surface area contributed by atoms with Gasteiger partial charge >= 0.3 is 0 Å². The lowest BCUT2D eigenvalue weighted by Crippen LogP contribution is -2.48. The smallest absolute Gasteiger partial charge is 0.269 e. The summed E-state index contributed by atoms with van der Waals surface area (Å²) in [4.78, 5) is 38.3. The van der Waals surface area contributed by atoms with Gasteiger partial charge in [-0.2, -0.15) is 0 Å². The van der Waals surface area contributed by atoms with E-state index in [0.717, 1.165) is 17.7 Å². The largest absolute Gasteiger partial charge is 0.342 e. The molecule has 3 amide bonds. The standard InChI is InChI=1S/C22H23F2N3O3/c1-14-5-7-15(8-6-14)21(29)25-26-22(30)16-9-11-27(12-10-16)20(28)13-17-18(23)3-2-4-19(17)24/h2-8,16H,9-13H2,1H3,(H,25,29)(H,26,30). The summed E-state index contributed by atoms with van der Waals surface area (Å²) in [5.41, 5.74) is 6.02. The first-order valence-electron chi connectivity index (χ1n) is 9.72. The summed E-state index contributed by atoms with van der Waals surface area (Å²) in [5.74, 6) is -2.99. The Balaban J connectivity index is 1.46. The van der Waals surface area contributed by atoms with Gasteiger partial charge in [0, 0.05) is 30.1 Å². The summed E-state index contributed by atoms with van der Waals surface area (Å²) in [5, 5.41) is 0. The van der Waals surface area contributed by atoms with Gasteiger partial charge in [-0.3, -0.25) is 25.2 Å². The minimum absolute atomic E-state index is 0.249. The SMILES string of the molecule is Cc1ccc(C(=O)NNC(=O)C2CCN(C(=O)Cc3c(F)cccc3F)CC2)cc1. The third-order valence-corrected chi connectivity index (χ3v) is 5.22. The van der Waals surface area contributed by atoms with Crippen molar-refractivity contribution < 1.29 is 23.2 Å². The molecule has 1 saturated heterocycles. The fourth-order valence-corrected chi connectivity index (χ4v) is 3.35. The van der Waals surface area contributed by atoms with Crippen molar-refractivity contribution in [3.05, 3.63) is 70.8 Å². The summed E-state index contributed by atoms with van der Waals surface area (Å²) < 4.78 is 27.5. The first-order valence-corrected chi connectivity index (χ1v) is 9.72. The second kappa shape index (κ2) is 9.47. The Morgan fingerprint density at radius 2 is 1.57 bits per heavy atom. The average molecular weight is 415 g/mol. The zero-order chi connectivity index (χ0) is 21.7. The predicted octanol–water partition coefficient (Wildman–Crippen LogP) is 2.52. The molecule has 8 heteroatoms. The highest BCUT2D eigenvalue weighted by Gasteiger charge is 2.28.